The van der Waals surface area contributed by atoms with Crippen LogP contribution < -0.4 is 20.3 Å². The molecular formula is C26H25N3O4S. The third kappa shape index (κ3) is 4.17. The highest BCUT2D eigenvalue weighted by Gasteiger charge is 2.17. The number of aryl methyl sites for hydroxylation is 2. The van der Waals surface area contributed by atoms with Crippen molar-refractivity contribution in [1.29, 1.82) is 0 Å². The van der Waals surface area contributed by atoms with Crippen LogP contribution in [-0.4, -0.2) is 29.7 Å². The van der Waals surface area contributed by atoms with Crippen molar-refractivity contribution >= 4 is 33.1 Å². The molecule has 4 aromatic rings. The van der Waals surface area contributed by atoms with Crippen molar-refractivity contribution in [2.24, 2.45) is 0 Å². The van der Waals surface area contributed by atoms with Gasteiger partial charge < -0.3 is 14.8 Å². The SMILES string of the molecule is COc1ccc(NC(=O)Cn2cnc3scc(-c4ccc5c(c4)CCCC5)c3c2=O)cc1OC. The molecule has 5 rings (SSSR count). The highest BCUT2D eigenvalue weighted by atomic mass is 32.1. The van der Waals surface area contributed by atoms with Gasteiger partial charge in [0.2, 0.25) is 5.91 Å². The van der Waals surface area contributed by atoms with Crippen molar-refractivity contribution < 1.29 is 14.3 Å². The van der Waals surface area contributed by atoms with Gasteiger partial charge in [-0.3, -0.25) is 14.2 Å². The largest absolute Gasteiger partial charge is 0.493 e. The molecule has 0 radical (unpaired) electrons. The number of carbonyl (C=O) groups excluding carboxylic acids is 1. The molecule has 2 aromatic carbocycles. The number of nitrogens with one attached hydrogen (secondary N) is 1. The molecule has 1 aliphatic carbocycles. The number of anilines is 1. The van der Waals surface area contributed by atoms with Crippen molar-refractivity contribution in [3.63, 3.8) is 0 Å². The number of amides is 1. The molecule has 174 valence electrons. The van der Waals surface area contributed by atoms with Gasteiger partial charge in [-0.15, -0.1) is 11.3 Å². The second-order valence-corrected chi connectivity index (χ2v) is 9.17. The maximum Gasteiger partial charge on any atom is 0.263 e. The maximum atomic E-state index is 13.4. The first-order chi connectivity index (χ1) is 16.6. The van der Waals surface area contributed by atoms with Gasteiger partial charge in [-0.05, 0) is 54.5 Å². The van der Waals surface area contributed by atoms with E-state index in [1.54, 1.807) is 25.3 Å². The van der Waals surface area contributed by atoms with Gasteiger partial charge in [-0.1, -0.05) is 18.2 Å². The Bertz CT molecular complexity index is 1440. The van der Waals surface area contributed by atoms with E-state index in [1.165, 1.54) is 53.3 Å². The van der Waals surface area contributed by atoms with E-state index in [4.69, 9.17) is 9.47 Å². The first-order valence-corrected chi connectivity index (χ1v) is 12.1. The number of ether oxygens (including phenoxy) is 2. The number of rotatable bonds is 6. The third-order valence-corrected chi connectivity index (χ3v) is 7.09. The number of hydrogen-bond donors (Lipinski definition) is 1. The summed E-state index contributed by atoms with van der Waals surface area (Å²) in [5.74, 6) is 0.744. The topological polar surface area (TPSA) is 82.5 Å². The zero-order valence-corrected chi connectivity index (χ0v) is 19.9. The summed E-state index contributed by atoms with van der Waals surface area (Å²) >= 11 is 1.45. The van der Waals surface area contributed by atoms with Crippen LogP contribution in [0.1, 0.15) is 24.0 Å². The highest BCUT2D eigenvalue weighted by Crippen LogP contribution is 2.33. The van der Waals surface area contributed by atoms with Gasteiger partial charge in [0.15, 0.2) is 11.5 Å². The van der Waals surface area contributed by atoms with Crippen LogP contribution in [0.4, 0.5) is 5.69 Å². The molecule has 34 heavy (non-hydrogen) atoms. The van der Waals surface area contributed by atoms with E-state index in [0.29, 0.717) is 27.4 Å². The lowest BCUT2D eigenvalue weighted by Gasteiger charge is -2.16. The van der Waals surface area contributed by atoms with Crippen molar-refractivity contribution in [3.8, 4) is 22.6 Å². The predicted molar refractivity (Wildman–Crippen MR) is 134 cm³/mol. The quantitative estimate of drug-likeness (QED) is 0.439. The van der Waals surface area contributed by atoms with Crippen molar-refractivity contribution in [2.45, 2.75) is 32.2 Å². The standard InChI is InChI=1S/C26H25N3O4S/c1-32-21-10-9-19(12-22(21)33-2)28-23(30)13-29-15-27-25-24(26(29)31)20(14-34-25)18-8-7-16-5-3-4-6-17(16)11-18/h7-12,14-15H,3-6,13H2,1-2H3,(H,28,30). The Balaban J connectivity index is 1.42. The van der Waals surface area contributed by atoms with Crippen molar-refractivity contribution in [3.05, 3.63) is 69.6 Å². The number of aromatic nitrogens is 2. The Kier molecular flexibility index (Phi) is 6.06. The minimum Gasteiger partial charge on any atom is -0.493 e. The first-order valence-electron chi connectivity index (χ1n) is 11.2. The molecule has 0 spiro atoms. The summed E-state index contributed by atoms with van der Waals surface area (Å²) in [4.78, 5) is 31.2. The van der Waals surface area contributed by atoms with Crippen molar-refractivity contribution in [2.75, 3.05) is 19.5 Å². The summed E-state index contributed by atoms with van der Waals surface area (Å²) in [6.45, 7) is -0.143. The summed E-state index contributed by atoms with van der Waals surface area (Å²) < 4.78 is 11.9. The molecular weight excluding hydrogens is 450 g/mol. The molecule has 0 unspecified atom stereocenters. The lowest BCUT2D eigenvalue weighted by atomic mass is 9.89. The van der Waals surface area contributed by atoms with Gasteiger partial charge in [0, 0.05) is 22.7 Å². The number of fused-ring (bicyclic) bond motifs is 2. The van der Waals surface area contributed by atoms with Gasteiger partial charge in [0.25, 0.3) is 5.56 Å². The molecule has 0 saturated carbocycles. The smallest absolute Gasteiger partial charge is 0.263 e. The van der Waals surface area contributed by atoms with E-state index in [9.17, 15) is 9.59 Å². The Morgan fingerprint density at radius 2 is 1.85 bits per heavy atom. The van der Waals surface area contributed by atoms with E-state index in [2.05, 4.69) is 28.5 Å². The minimum atomic E-state index is -0.332. The summed E-state index contributed by atoms with van der Waals surface area (Å²) in [5.41, 5.74) is 4.99. The van der Waals surface area contributed by atoms with E-state index in [0.717, 1.165) is 24.0 Å². The Morgan fingerprint density at radius 1 is 1.06 bits per heavy atom. The van der Waals surface area contributed by atoms with Gasteiger partial charge in [0.05, 0.1) is 25.9 Å². The number of thiophene rings is 1. The van der Waals surface area contributed by atoms with Gasteiger partial charge >= 0.3 is 0 Å². The normalized spacial score (nSPS) is 12.9. The number of carbonyl (C=O) groups is 1. The number of benzene rings is 2. The molecule has 0 saturated heterocycles. The summed E-state index contributed by atoms with van der Waals surface area (Å²) in [6, 6.07) is 11.6. The van der Waals surface area contributed by atoms with E-state index in [1.807, 2.05) is 5.38 Å². The zero-order chi connectivity index (χ0) is 23.7. The number of nitrogens with zero attached hydrogens (tertiary/aromatic N) is 2. The average molecular weight is 476 g/mol. The summed E-state index contributed by atoms with van der Waals surface area (Å²) in [7, 11) is 3.08. The van der Waals surface area contributed by atoms with Crippen LogP contribution in [0, 0.1) is 0 Å². The maximum absolute atomic E-state index is 13.4. The molecule has 1 aliphatic rings. The molecule has 2 aromatic heterocycles. The molecule has 1 N–H and O–H groups in total. The fourth-order valence-corrected chi connectivity index (χ4v) is 5.37. The molecule has 8 heteroatoms. The molecule has 2 heterocycles. The molecule has 0 atom stereocenters. The lowest BCUT2D eigenvalue weighted by molar-refractivity contribution is -0.116. The second kappa shape index (κ2) is 9.30. The fraction of sp³-hybridized carbons (Fsp3) is 0.269. The Morgan fingerprint density at radius 3 is 2.65 bits per heavy atom. The number of hydrogen-bond acceptors (Lipinski definition) is 6. The highest BCUT2D eigenvalue weighted by molar-refractivity contribution is 7.17. The van der Waals surface area contributed by atoms with Crippen LogP contribution in [0.3, 0.4) is 0 Å². The van der Waals surface area contributed by atoms with E-state index >= 15 is 0 Å². The first kappa shape index (κ1) is 22.2. The average Bonchev–Trinajstić information content (AvgIpc) is 3.30. The number of methoxy groups -OCH3 is 2. The minimum absolute atomic E-state index is 0.143. The Hall–Kier alpha value is -3.65. The summed E-state index contributed by atoms with van der Waals surface area (Å²) in [5, 5.41) is 5.35. The van der Waals surface area contributed by atoms with Gasteiger partial charge in [-0.25, -0.2) is 4.98 Å². The predicted octanol–water partition coefficient (Wildman–Crippen LogP) is 4.66. The van der Waals surface area contributed by atoms with E-state index < -0.39 is 0 Å². The molecule has 0 aliphatic heterocycles. The van der Waals surface area contributed by atoms with Crippen LogP contribution in [0.2, 0.25) is 0 Å². The fourth-order valence-electron chi connectivity index (χ4n) is 4.46. The zero-order valence-electron chi connectivity index (χ0n) is 19.1. The van der Waals surface area contributed by atoms with Crippen LogP contribution >= 0.6 is 11.3 Å². The lowest BCUT2D eigenvalue weighted by Crippen LogP contribution is -2.27. The monoisotopic (exact) mass is 475 g/mol. The molecule has 7 nitrogen and oxygen atoms in total. The van der Waals surface area contributed by atoms with Gasteiger partial charge in [-0.2, -0.15) is 0 Å². The van der Waals surface area contributed by atoms with Crippen LogP contribution in [0.5, 0.6) is 11.5 Å². The van der Waals surface area contributed by atoms with Crippen LogP contribution in [-0.2, 0) is 24.2 Å². The summed E-state index contributed by atoms with van der Waals surface area (Å²) in [6.07, 6.45) is 6.05. The molecule has 0 bridgehead atoms. The van der Waals surface area contributed by atoms with Crippen molar-refractivity contribution in [1.82, 2.24) is 9.55 Å². The second-order valence-electron chi connectivity index (χ2n) is 8.32. The van der Waals surface area contributed by atoms with E-state index in [-0.39, 0.29) is 18.0 Å². The van der Waals surface area contributed by atoms with Crippen LogP contribution in [0.15, 0.2) is 52.9 Å². The van der Waals surface area contributed by atoms with Crippen LogP contribution in [0.25, 0.3) is 21.3 Å². The Labute approximate surface area is 201 Å². The molecule has 0 fully saturated rings. The molecule has 1 amide bonds. The van der Waals surface area contributed by atoms with Gasteiger partial charge in [0.1, 0.15) is 11.4 Å². The third-order valence-electron chi connectivity index (χ3n) is 6.20.